The Morgan fingerprint density at radius 1 is 0.400 bits per heavy atom. The minimum absolute atomic E-state index is 1.14. The quantitative estimate of drug-likeness (QED) is 0.181. The molecule has 0 amide bonds. The van der Waals surface area contributed by atoms with E-state index in [-0.39, 0.29) is 0 Å². The SMILES string of the molecule is c1ccc(-n2c3ccccc3c3ccc(N(c4cccc5c4sc4ccccc45)c4cc5ccccc5c5c4sc4ccccc45)cc32)cc1. The largest absolute Gasteiger partial charge is 0.309 e. The predicted molar refractivity (Wildman–Crippen MR) is 219 cm³/mol. The molecule has 0 fully saturated rings. The van der Waals surface area contributed by atoms with Gasteiger partial charge in [0.05, 0.1) is 31.8 Å². The van der Waals surface area contributed by atoms with E-state index in [1.54, 1.807) is 0 Å². The molecule has 0 saturated carbocycles. The molecule has 0 spiro atoms. The van der Waals surface area contributed by atoms with Crippen molar-refractivity contribution in [3.63, 3.8) is 0 Å². The standard InChI is InChI=1S/C46H28N2S2/c1-2-14-30(15-3-1)47-38-21-9-6-17-33(38)34-26-25-31(28-40(34)47)48(39-22-12-20-36-35-18-7-10-23-42(35)49-45(36)39)41-27-29-13-4-5-16-32(29)44-37-19-8-11-24-43(37)50-46(41)44/h1-28H. The van der Waals surface area contributed by atoms with E-state index in [1.807, 2.05) is 22.7 Å². The van der Waals surface area contributed by atoms with Gasteiger partial charge in [0.1, 0.15) is 0 Å². The summed E-state index contributed by atoms with van der Waals surface area (Å²) >= 11 is 3.78. The van der Waals surface area contributed by atoms with Gasteiger partial charge in [-0.2, -0.15) is 0 Å². The van der Waals surface area contributed by atoms with Gasteiger partial charge >= 0.3 is 0 Å². The topological polar surface area (TPSA) is 8.17 Å². The number of anilines is 3. The van der Waals surface area contributed by atoms with Crippen molar-refractivity contribution in [2.45, 2.75) is 0 Å². The number of benzene rings is 8. The van der Waals surface area contributed by atoms with E-state index in [4.69, 9.17) is 0 Å². The molecule has 0 unspecified atom stereocenters. The summed E-state index contributed by atoms with van der Waals surface area (Å²) in [7, 11) is 0. The Kier molecular flexibility index (Phi) is 6.03. The van der Waals surface area contributed by atoms with Crippen LogP contribution >= 0.6 is 22.7 Å². The maximum absolute atomic E-state index is 2.54. The summed E-state index contributed by atoms with van der Waals surface area (Å²) < 4.78 is 7.62. The van der Waals surface area contributed by atoms with E-state index < -0.39 is 0 Å². The summed E-state index contributed by atoms with van der Waals surface area (Å²) in [6, 6.07) is 62.4. The molecule has 4 heteroatoms. The fourth-order valence-corrected chi connectivity index (χ4v) is 10.4. The van der Waals surface area contributed by atoms with Crippen LogP contribution < -0.4 is 4.90 Å². The van der Waals surface area contributed by atoms with Crippen LogP contribution in [0.1, 0.15) is 0 Å². The average Bonchev–Trinajstić information content (AvgIpc) is 3.86. The molecule has 0 radical (unpaired) electrons. The lowest BCUT2D eigenvalue weighted by Gasteiger charge is -2.27. The molecule has 0 aliphatic carbocycles. The van der Waals surface area contributed by atoms with Gasteiger partial charge in [-0.1, -0.05) is 115 Å². The van der Waals surface area contributed by atoms with Crippen LogP contribution in [0.25, 0.3) is 78.6 Å². The first kappa shape index (κ1) is 28.0. The maximum Gasteiger partial charge on any atom is 0.0647 e. The van der Waals surface area contributed by atoms with E-state index >= 15 is 0 Å². The summed E-state index contributed by atoms with van der Waals surface area (Å²) in [4.78, 5) is 2.54. The molecule has 0 saturated heterocycles. The highest BCUT2D eigenvalue weighted by molar-refractivity contribution is 7.27. The number of hydrogen-bond acceptors (Lipinski definition) is 3. The number of para-hydroxylation sites is 2. The van der Waals surface area contributed by atoms with Crippen LogP contribution in [0.3, 0.4) is 0 Å². The van der Waals surface area contributed by atoms with Crippen LogP contribution in [0.5, 0.6) is 0 Å². The summed E-state index contributed by atoms with van der Waals surface area (Å²) in [5.74, 6) is 0. The Morgan fingerprint density at radius 2 is 1.04 bits per heavy atom. The second-order valence-electron chi connectivity index (χ2n) is 12.9. The lowest BCUT2D eigenvalue weighted by atomic mass is 10.0. The number of thiophene rings is 2. The Labute approximate surface area is 296 Å². The van der Waals surface area contributed by atoms with Gasteiger partial charge in [0, 0.05) is 53.1 Å². The van der Waals surface area contributed by atoms with Crippen LogP contribution in [-0.4, -0.2) is 4.57 Å². The molecule has 0 N–H and O–H groups in total. The Balaban J connectivity index is 1.29. The second-order valence-corrected chi connectivity index (χ2v) is 15.0. The van der Waals surface area contributed by atoms with Crippen molar-refractivity contribution >= 4 is 113 Å². The molecule has 0 aliphatic rings. The van der Waals surface area contributed by atoms with Crippen LogP contribution in [0.4, 0.5) is 17.1 Å². The molecule has 234 valence electrons. The van der Waals surface area contributed by atoms with E-state index in [2.05, 4.69) is 179 Å². The predicted octanol–water partition coefficient (Wildman–Crippen LogP) is 14.1. The van der Waals surface area contributed by atoms with Gasteiger partial charge in [-0.3, -0.25) is 0 Å². The van der Waals surface area contributed by atoms with E-state index in [9.17, 15) is 0 Å². The lowest BCUT2D eigenvalue weighted by molar-refractivity contribution is 1.18. The molecular weight excluding hydrogens is 645 g/mol. The first-order valence-electron chi connectivity index (χ1n) is 16.9. The second kappa shape index (κ2) is 10.8. The van der Waals surface area contributed by atoms with Crippen molar-refractivity contribution in [3.05, 3.63) is 170 Å². The fourth-order valence-electron chi connectivity index (χ4n) is 7.99. The van der Waals surface area contributed by atoms with Gasteiger partial charge in [-0.25, -0.2) is 0 Å². The van der Waals surface area contributed by atoms with Gasteiger partial charge in [0.2, 0.25) is 0 Å². The highest BCUT2D eigenvalue weighted by Gasteiger charge is 2.24. The summed E-state index contributed by atoms with van der Waals surface area (Å²) in [6.45, 7) is 0. The third kappa shape index (κ3) is 4.01. The zero-order valence-corrected chi connectivity index (χ0v) is 28.5. The molecule has 3 aromatic heterocycles. The molecular formula is C46H28N2S2. The minimum Gasteiger partial charge on any atom is -0.309 e. The number of nitrogens with zero attached hydrogens (tertiary/aromatic N) is 2. The number of fused-ring (bicyclic) bond motifs is 11. The first-order chi connectivity index (χ1) is 24.8. The van der Waals surface area contributed by atoms with Crippen LogP contribution in [0.2, 0.25) is 0 Å². The van der Waals surface area contributed by atoms with E-state index in [0.717, 1.165) is 11.4 Å². The van der Waals surface area contributed by atoms with Crippen molar-refractivity contribution in [2.24, 2.45) is 0 Å². The highest BCUT2D eigenvalue weighted by atomic mass is 32.1. The van der Waals surface area contributed by atoms with E-state index in [1.165, 1.54) is 84.3 Å². The zero-order chi connectivity index (χ0) is 32.8. The Bertz CT molecular complexity index is 3110. The summed E-state index contributed by atoms with van der Waals surface area (Å²) in [5, 5.41) is 10.3. The van der Waals surface area contributed by atoms with Crippen LogP contribution in [-0.2, 0) is 0 Å². The molecule has 11 rings (SSSR count). The molecule has 0 bridgehead atoms. The maximum atomic E-state index is 2.54. The monoisotopic (exact) mass is 672 g/mol. The molecule has 2 nitrogen and oxygen atoms in total. The van der Waals surface area contributed by atoms with E-state index in [0.29, 0.717) is 0 Å². The average molecular weight is 673 g/mol. The van der Waals surface area contributed by atoms with Gasteiger partial charge in [-0.05, 0) is 65.4 Å². The Hall–Kier alpha value is -5.94. The number of hydrogen-bond donors (Lipinski definition) is 0. The first-order valence-corrected chi connectivity index (χ1v) is 18.6. The van der Waals surface area contributed by atoms with Gasteiger partial charge in [0.25, 0.3) is 0 Å². The van der Waals surface area contributed by atoms with Gasteiger partial charge in [0.15, 0.2) is 0 Å². The van der Waals surface area contributed by atoms with Crippen molar-refractivity contribution in [3.8, 4) is 5.69 Å². The van der Waals surface area contributed by atoms with Crippen LogP contribution in [0, 0.1) is 0 Å². The molecule has 11 aromatic rings. The molecule has 50 heavy (non-hydrogen) atoms. The fraction of sp³-hybridized carbons (Fsp3) is 0. The van der Waals surface area contributed by atoms with Gasteiger partial charge < -0.3 is 9.47 Å². The van der Waals surface area contributed by atoms with Crippen molar-refractivity contribution in [1.29, 1.82) is 0 Å². The molecule has 0 aliphatic heterocycles. The van der Waals surface area contributed by atoms with Gasteiger partial charge in [-0.15, -0.1) is 22.7 Å². The third-order valence-electron chi connectivity index (χ3n) is 10.1. The number of aromatic nitrogens is 1. The summed E-state index contributed by atoms with van der Waals surface area (Å²) in [5.41, 5.74) is 7.09. The molecule has 0 atom stereocenters. The normalized spacial score (nSPS) is 12.0. The molecule has 3 heterocycles. The van der Waals surface area contributed by atoms with Crippen LogP contribution in [0.15, 0.2) is 170 Å². The van der Waals surface area contributed by atoms with Crippen molar-refractivity contribution in [1.82, 2.24) is 4.57 Å². The molecule has 8 aromatic carbocycles. The smallest absolute Gasteiger partial charge is 0.0647 e. The highest BCUT2D eigenvalue weighted by Crippen LogP contribution is 2.51. The zero-order valence-electron chi connectivity index (χ0n) is 26.9. The Morgan fingerprint density at radius 3 is 1.90 bits per heavy atom. The minimum atomic E-state index is 1.14. The van der Waals surface area contributed by atoms with Crippen molar-refractivity contribution < 1.29 is 0 Å². The van der Waals surface area contributed by atoms with Crippen molar-refractivity contribution in [2.75, 3.05) is 4.90 Å². The third-order valence-corrected chi connectivity index (χ3v) is 12.5. The lowest BCUT2D eigenvalue weighted by Crippen LogP contribution is -2.10. The summed E-state index contributed by atoms with van der Waals surface area (Å²) in [6.07, 6.45) is 0. The number of rotatable bonds is 4.